The van der Waals surface area contributed by atoms with E-state index in [4.69, 9.17) is 5.11 Å². The van der Waals surface area contributed by atoms with Crippen molar-refractivity contribution < 1.29 is 14.7 Å². The molecule has 7 heteroatoms. The molecule has 2 aromatic rings. The molecular formula is C11H12N4O3. The van der Waals surface area contributed by atoms with Crippen molar-refractivity contribution in [3.05, 3.63) is 29.7 Å². The zero-order valence-electron chi connectivity index (χ0n) is 9.91. The highest BCUT2D eigenvalue weighted by Crippen LogP contribution is 2.06. The normalized spacial score (nSPS) is 12.3. The van der Waals surface area contributed by atoms with Gasteiger partial charge in [-0.15, -0.1) is 10.2 Å². The van der Waals surface area contributed by atoms with Crippen LogP contribution in [0.25, 0.3) is 5.65 Å². The number of aryl methyl sites for hydroxylation is 1. The van der Waals surface area contributed by atoms with E-state index in [1.807, 2.05) is 0 Å². The smallest absolute Gasteiger partial charge is 0.325 e. The van der Waals surface area contributed by atoms with Gasteiger partial charge in [0.15, 0.2) is 5.65 Å². The first-order valence-corrected chi connectivity index (χ1v) is 5.34. The maximum absolute atomic E-state index is 11.8. The van der Waals surface area contributed by atoms with E-state index in [9.17, 15) is 9.59 Å². The Bertz CT molecular complexity index is 620. The summed E-state index contributed by atoms with van der Waals surface area (Å²) in [6, 6.07) is 2.29. The van der Waals surface area contributed by atoms with Crippen LogP contribution in [0.4, 0.5) is 0 Å². The molecule has 2 N–H and O–H groups in total. The number of hydrogen-bond donors (Lipinski definition) is 2. The Hall–Kier alpha value is -2.44. The Morgan fingerprint density at radius 1 is 1.39 bits per heavy atom. The fourth-order valence-corrected chi connectivity index (χ4v) is 1.48. The highest BCUT2D eigenvalue weighted by atomic mass is 16.4. The molecule has 2 rings (SSSR count). The molecule has 0 aliphatic heterocycles. The second-order valence-corrected chi connectivity index (χ2v) is 3.93. The van der Waals surface area contributed by atoms with Gasteiger partial charge in [0.2, 0.25) is 0 Å². The summed E-state index contributed by atoms with van der Waals surface area (Å²) in [5.41, 5.74) is 0.994. The van der Waals surface area contributed by atoms with E-state index >= 15 is 0 Å². The number of fused-ring (bicyclic) bond motifs is 1. The zero-order valence-corrected chi connectivity index (χ0v) is 9.91. The van der Waals surface area contributed by atoms with E-state index in [1.54, 1.807) is 29.7 Å². The molecule has 2 heterocycles. The third kappa shape index (κ3) is 2.15. The second kappa shape index (κ2) is 4.44. The number of amides is 1. The molecule has 0 saturated carbocycles. The molecule has 0 bridgehead atoms. The van der Waals surface area contributed by atoms with Crippen molar-refractivity contribution in [3.8, 4) is 0 Å². The summed E-state index contributed by atoms with van der Waals surface area (Å²) in [6.07, 6.45) is 1.58. The van der Waals surface area contributed by atoms with E-state index in [2.05, 4.69) is 15.5 Å². The lowest BCUT2D eigenvalue weighted by atomic mass is 10.2. The Morgan fingerprint density at radius 3 is 2.78 bits per heavy atom. The van der Waals surface area contributed by atoms with Crippen molar-refractivity contribution in [1.29, 1.82) is 0 Å². The number of aliphatic carboxylic acids is 1. The summed E-state index contributed by atoms with van der Waals surface area (Å²) in [6.45, 7) is 3.17. The van der Waals surface area contributed by atoms with Gasteiger partial charge in [-0.1, -0.05) is 0 Å². The molecule has 0 aliphatic carbocycles. The van der Waals surface area contributed by atoms with Crippen molar-refractivity contribution >= 4 is 17.5 Å². The summed E-state index contributed by atoms with van der Waals surface area (Å²) in [4.78, 5) is 22.5. The molecule has 0 aliphatic rings. The summed E-state index contributed by atoms with van der Waals surface area (Å²) in [5, 5.41) is 18.9. The van der Waals surface area contributed by atoms with Gasteiger partial charge in [-0.05, 0) is 26.0 Å². The highest BCUT2D eigenvalue weighted by molar-refractivity contribution is 5.96. The van der Waals surface area contributed by atoms with Crippen LogP contribution in [0.15, 0.2) is 18.3 Å². The lowest BCUT2D eigenvalue weighted by Crippen LogP contribution is -2.38. The van der Waals surface area contributed by atoms with Crippen LogP contribution in [0.3, 0.4) is 0 Å². The molecule has 18 heavy (non-hydrogen) atoms. The third-order valence-corrected chi connectivity index (χ3v) is 2.55. The number of nitrogens with zero attached hydrogens (tertiary/aromatic N) is 3. The number of carbonyl (C=O) groups is 2. The molecule has 1 amide bonds. The van der Waals surface area contributed by atoms with Crippen LogP contribution in [0.1, 0.15) is 23.1 Å². The number of carboxylic acid groups (broad SMARTS) is 1. The molecule has 94 valence electrons. The zero-order chi connectivity index (χ0) is 13.3. The van der Waals surface area contributed by atoms with Gasteiger partial charge < -0.3 is 10.4 Å². The number of hydrogen-bond acceptors (Lipinski definition) is 4. The van der Waals surface area contributed by atoms with E-state index in [0.29, 0.717) is 17.0 Å². The number of rotatable bonds is 3. The van der Waals surface area contributed by atoms with Gasteiger partial charge in [0.05, 0.1) is 5.56 Å². The van der Waals surface area contributed by atoms with Gasteiger partial charge in [0, 0.05) is 6.20 Å². The molecule has 0 radical (unpaired) electrons. The first kappa shape index (κ1) is 12.0. The number of carboxylic acids is 1. The van der Waals surface area contributed by atoms with Crippen molar-refractivity contribution in [1.82, 2.24) is 19.9 Å². The van der Waals surface area contributed by atoms with Crippen molar-refractivity contribution in [2.45, 2.75) is 19.9 Å². The molecule has 0 unspecified atom stereocenters. The summed E-state index contributed by atoms with van der Waals surface area (Å²) < 4.78 is 1.67. The van der Waals surface area contributed by atoms with Crippen LogP contribution >= 0.6 is 0 Å². The predicted octanol–water partition coefficient (Wildman–Crippen LogP) is 0.241. The van der Waals surface area contributed by atoms with Gasteiger partial charge in [-0.2, -0.15) is 0 Å². The Balaban J connectivity index is 2.27. The summed E-state index contributed by atoms with van der Waals surface area (Å²) in [5.74, 6) is -0.865. The van der Waals surface area contributed by atoms with Crippen LogP contribution in [0.5, 0.6) is 0 Å². The number of aromatic nitrogens is 3. The predicted molar refractivity (Wildman–Crippen MR) is 62.3 cm³/mol. The minimum Gasteiger partial charge on any atom is -0.480 e. The maximum atomic E-state index is 11.8. The molecule has 0 spiro atoms. The molecule has 0 saturated heterocycles. The molecule has 2 aromatic heterocycles. The topological polar surface area (TPSA) is 96.6 Å². The van der Waals surface area contributed by atoms with Crippen LogP contribution in [-0.4, -0.2) is 37.6 Å². The third-order valence-electron chi connectivity index (χ3n) is 2.55. The monoisotopic (exact) mass is 248 g/mol. The van der Waals surface area contributed by atoms with Crippen LogP contribution in [0, 0.1) is 6.92 Å². The molecule has 7 nitrogen and oxygen atoms in total. The molecular weight excluding hydrogens is 236 g/mol. The highest BCUT2D eigenvalue weighted by Gasteiger charge is 2.15. The summed E-state index contributed by atoms with van der Waals surface area (Å²) in [7, 11) is 0. The van der Waals surface area contributed by atoms with Gasteiger partial charge in [0.25, 0.3) is 5.91 Å². The second-order valence-electron chi connectivity index (χ2n) is 3.93. The van der Waals surface area contributed by atoms with E-state index in [0.717, 1.165) is 0 Å². The average molecular weight is 248 g/mol. The maximum Gasteiger partial charge on any atom is 0.325 e. The van der Waals surface area contributed by atoms with Crippen LogP contribution in [-0.2, 0) is 4.79 Å². The molecule has 1 atom stereocenters. The van der Waals surface area contributed by atoms with Crippen molar-refractivity contribution in [2.24, 2.45) is 0 Å². The van der Waals surface area contributed by atoms with Gasteiger partial charge >= 0.3 is 5.97 Å². The average Bonchev–Trinajstić information content (AvgIpc) is 2.70. The van der Waals surface area contributed by atoms with Gasteiger partial charge in [-0.3, -0.25) is 14.0 Å². The van der Waals surface area contributed by atoms with Gasteiger partial charge in [-0.25, -0.2) is 0 Å². The number of carbonyl (C=O) groups excluding carboxylic acids is 1. The lowest BCUT2D eigenvalue weighted by Gasteiger charge is -2.09. The Kier molecular flexibility index (Phi) is 2.97. The Morgan fingerprint density at radius 2 is 2.11 bits per heavy atom. The first-order chi connectivity index (χ1) is 8.49. The fourth-order valence-electron chi connectivity index (χ4n) is 1.48. The van der Waals surface area contributed by atoms with E-state index in [1.165, 1.54) is 6.92 Å². The fraction of sp³-hybridized carbons (Fsp3) is 0.273. The Labute approximate surface area is 102 Å². The lowest BCUT2D eigenvalue weighted by molar-refractivity contribution is -0.138. The number of pyridine rings is 1. The van der Waals surface area contributed by atoms with Crippen LogP contribution in [0.2, 0.25) is 0 Å². The van der Waals surface area contributed by atoms with Crippen molar-refractivity contribution in [2.75, 3.05) is 0 Å². The minimum atomic E-state index is -1.08. The largest absolute Gasteiger partial charge is 0.480 e. The summed E-state index contributed by atoms with van der Waals surface area (Å²) >= 11 is 0. The first-order valence-electron chi connectivity index (χ1n) is 5.34. The van der Waals surface area contributed by atoms with E-state index in [-0.39, 0.29) is 0 Å². The van der Waals surface area contributed by atoms with Gasteiger partial charge in [0.1, 0.15) is 11.9 Å². The SMILES string of the molecule is Cc1nnc2ccc(C(=O)N[C@@H](C)C(=O)O)cn12. The minimum absolute atomic E-state index is 0.360. The van der Waals surface area contributed by atoms with Crippen LogP contribution < -0.4 is 5.32 Å². The van der Waals surface area contributed by atoms with Crippen molar-refractivity contribution in [3.63, 3.8) is 0 Å². The molecule has 0 aromatic carbocycles. The standard InChI is InChI=1S/C11H12N4O3/c1-6(11(17)18)12-10(16)8-3-4-9-14-13-7(2)15(9)5-8/h3-6H,1-2H3,(H,12,16)(H,17,18)/t6-/m0/s1. The quantitative estimate of drug-likeness (QED) is 0.811. The van der Waals surface area contributed by atoms with E-state index < -0.39 is 17.9 Å². The molecule has 0 fully saturated rings. The number of nitrogens with one attached hydrogen (secondary N) is 1.